The van der Waals surface area contributed by atoms with Gasteiger partial charge in [-0.25, -0.2) is 27.0 Å². The van der Waals surface area contributed by atoms with E-state index in [1.807, 2.05) is 30.5 Å². The first-order valence-electron chi connectivity index (χ1n) is 21.6. The number of piperidine rings is 1. The van der Waals surface area contributed by atoms with Crippen LogP contribution >= 0.6 is 11.6 Å². The fraction of sp³-hybridized carbons (Fsp3) is 0.413. The van der Waals surface area contributed by atoms with Gasteiger partial charge >= 0.3 is 0 Å². The molecule has 5 aromatic rings. The van der Waals surface area contributed by atoms with Crippen LogP contribution in [0.1, 0.15) is 57.4 Å². The molecule has 0 saturated carbocycles. The number of halogens is 3. The number of hydrogen-bond acceptors (Lipinski definition) is 9. The molecule has 2 N–H and O–H groups in total. The van der Waals surface area contributed by atoms with Gasteiger partial charge in [-0.15, -0.1) is 0 Å². The van der Waals surface area contributed by atoms with E-state index in [0.29, 0.717) is 49.0 Å². The molecule has 63 heavy (non-hydrogen) atoms. The molecule has 0 spiro atoms. The predicted molar refractivity (Wildman–Crippen MR) is 244 cm³/mol. The van der Waals surface area contributed by atoms with E-state index in [4.69, 9.17) is 21.7 Å². The van der Waals surface area contributed by atoms with E-state index in [9.17, 15) is 18.2 Å². The fourth-order valence-electron chi connectivity index (χ4n) is 8.80. The second-order valence-electron chi connectivity index (χ2n) is 16.8. The third-order valence-corrected chi connectivity index (χ3v) is 14.0. The molecule has 2 amide bonds. The van der Waals surface area contributed by atoms with Crippen molar-refractivity contribution in [3.05, 3.63) is 102 Å². The molecule has 4 atom stereocenters. The predicted octanol–water partition coefficient (Wildman–Crippen LogP) is 7.41. The number of nitrogens with one attached hydrogen (secondary N) is 2. The van der Waals surface area contributed by atoms with Gasteiger partial charge in [0.15, 0.2) is 17.0 Å². The number of pyridine rings is 2. The molecule has 3 aromatic heterocycles. The lowest BCUT2D eigenvalue weighted by Crippen LogP contribution is -2.53. The highest BCUT2D eigenvalue weighted by Crippen LogP contribution is 2.38. The summed E-state index contributed by atoms with van der Waals surface area (Å²) in [4.78, 5) is 38.5. The average Bonchev–Trinajstić information content (AvgIpc) is 3.95. The molecule has 3 fully saturated rings. The van der Waals surface area contributed by atoms with Crippen molar-refractivity contribution < 1.29 is 22.6 Å². The Morgan fingerprint density at radius 3 is 2.40 bits per heavy atom. The molecule has 2 aromatic carbocycles. The molecule has 13 nitrogen and oxygen atoms in total. The Morgan fingerprint density at radius 2 is 1.71 bits per heavy atom. The van der Waals surface area contributed by atoms with Crippen LogP contribution in [0.4, 0.5) is 26.0 Å². The van der Waals surface area contributed by atoms with Gasteiger partial charge < -0.3 is 9.80 Å². The average molecular weight is 900 g/mol. The zero-order chi connectivity index (χ0) is 44.0. The van der Waals surface area contributed by atoms with Gasteiger partial charge in [0.1, 0.15) is 17.7 Å². The van der Waals surface area contributed by atoms with Crippen molar-refractivity contribution >= 4 is 52.3 Å². The molecule has 332 valence electrons. The van der Waals surface area contributed by atoms with Crippen molar-refractivity contribution in [2.45, 2.75) is 64.1 Å². The summed E-state index contributed by atoms with van der Waals surface area (Å²) in [5.41, 5.74) is 4.91. The van der Waals surface area contributed by atoms with Crippen molar-refractivity contribution in [3.8, 4) is 28.1 Å². The Kier molecular flexibility index (Phi) is 14.1. The third kappa shape index (κ3) is 10.6. The van der Waals surface area contributed by atoms with Crippen molar-refractivity contribution in [2.24, 2.45) is 5.92 Å². The second kappa shape index (κ2) is 20.0. The fourth-order valence-corrected chi connectivity index (χ4v) is 10.1. The summed E-state index contributed by atoms with van der Waals surface area (Å²) in [6.07, 6.45) is 9.82. The van der Waals surface area contributed by atoms with E-state index < -0.39 is 23.2 Å². The Labute approximate surface area is 374 Å². The normalized spacial score (nSPS) is 19.8. The Bertz CT molecular complexity index is 2380. The Morgan fingerprint density at radius 1 is 0.952 bits per heavy atom. The Hall–Kier alpha value is -5.29. The van der Waals surface area contributed by atoms with E-state index in [1.165, 1.54) is 16.4 Å². The summed E-state index contributed by atoms with van der Waals surface area (Å²) in [5, 5.41) is 7.37. The van der Waals surface area contributed by atoms with Crippen LogP contribution < -0.4 is 19.8 Å². The summed E-state index contributed by atoms with van der Waals surface area (Å²) in [5.74, 6) is 0.877. The molecule has 17 heteroatoms. The maximum Gasteiger partial charge on any atom is 0.226 e. The number of imide groups is 1. The summed E-state index contributed by atoms with van der Waals surface area (Å²) in [6.45, 7) is 10.5. The van der Waals surface area contributed by atoms with E-state index in [2.05, 4.69) is 67.8 Å². The number of carbonyl (C=O) groups excluding carboxylic acids is 2. The first-order valence-corrected chi connectivity index (χ1v) is 23.1. The SMILES string of the molecule is CC(CCC(=O)NC=O)c1ccc(N2CCC(CN3CCN(c4ccc(-n5cc(-c6cc(Cl)cc(NS(=O)N7CCC(F)C7)c6F)c(-c6ccncc6)n5)cc4)CC3C)CC2)nc1. The number of benzene rings is 2. The number of carbonyl (C=O) groups is 2. The van der Waals surface area contributed by atoms with Crippen LogP contribution in [0.25, 0.3) is 28.1 Å². The molecule has 0 bridgehead atoms. The van der Waals surface area contributed by atoms with Gasteiger partial charge in [-0.05, 0) is 105 Å². The van der Waals surface area contributed by atoms with Gasteiger partial charge in [0.2, 0.25) is 12.3 Å². The van der Waals surface area contributed by atoms with Crippen molar-refractivity contribution in [1.82, 2.24) is 34.3 Å². The lowest BCUT2D eigenvalue weighted by molar-refractivity contribution is -0.125. The monoisotopic (exact) mass is 898 g/mol. The van der Waals surface area contributed by atoms with Gasteiger partial charge in [-0.1, -0.05) is 24.6 Å². The molecule has 8 rings (SSSR count). The molecular formula is C46H53ClF2N10O3S. The number of rotatable bonds is 15. The van der Waals surface area contributed by atoms with Crippen LogP contribution in [0.5, 0.6) is 0 Å². The summed E-state index contributed by atoms with van der Waals surface area (Å²) >= 11 is 4.69. The van der Waals surface area contributed by atoms with Crippen molar-refractivity contribution in [1.29, 1.82) is 0 Å². The van der Waals surface area contributed by atoms with Gasteiger partial charge in [0.05, 0.1) is 11.4 Å². The standard InChI is InChI=1S/C46H53ClF2N10O3S/c1-31(3-10-44(61)52-30-60)35-4-9-43(51-25-35)55-18-13-33(14-19-55)27-56-21-22-57(26-32(56)2)38-5-7-39(8-6-38)59-29-41(46(53-59)34-11-16-50-17-12-34)40-23-36(47)24-42(45(40)49)54-63(62)58-20-15-37(48)28-58/h4-9,11-12,16-17,23-25,29-33,37,54H,3,10,13-15,18-22,26-28H2,1-2H3,(H,52,60,61). The number of aromatic nitrogens is 4. The molecule has 3 aliphatic heterocycles. The quantitative estimate of drug-likeness (QED) is 0.103. The number of nitrogens with zero attached hydrogens (tertiary/aromatic N) is 8. The van der Waals surface area contributed by atoms with E-state index in [-0.39, 0.29) is 41.1 Å². The van der Waals surface area contributed by atoms with Crippen LogP contribution in [0.15, 0.2) is 85.5 Å². The van der Waals surface area contributed by atoms with E-state index in [0.717, 1.165) is 80.4 Å². The van der Waals surface area contributed by atoms with Gasteiger partial charge in [0.25, 0.3) is 0 Å². The van der Waals surface area contributed by atoms with Gasteiger partial charge in [-0.3, -0.25) is 29.5 Å². The molecule has 4 unspecified atom stereocenters. The highest BCUT2D eigenvalue weighted by molar-refractivity contribution is 7.84. The second-order valence-corrected chi connectivity index (χ2v) is 18.5. The summed E-state index contributed by atoms with van der Waals surface area (Å²) in [6, 6.07) is 19.4. The zero-order valence-electron chi connectivity index (χ0n) is 35.5. The zero-order valence-corrected chi connectivity index (χ0v) is 37.1. The van der Waals surface area contributed by atoms with Crippen LogP contribution in [0.3, 0.4) is 0 Å². The maximum atomic E-state index is 16.4. The summed E-state index contributed by atoms with van der Waals surface area (Å²) < 4.78 is 49.1. The maximum absolute atomic E-state index is 16.4. The number of piperazine rings is 1. The molecule has 3 saturated heterocycles. The molecule has 0 radical (unpaired) electrons. The van der Waals surface area contributed by atoms with Crippen LogP contribution in [-0.4, -0.2) is 110 Å². The minimum Gasteiger partial charge on any atom is -0.369 e. The van der Waals surface area contributed by atoms with Crippen LogP contribution in [0, 0.1) is 11.7 Å². The van der Waals surface area contributed by atoms with E-state index in [1.54, 1.807) is 23.3 Å². The molecule has 0 aliphatic carbocycles. The van der Waals surface area contributed by atoms with Gasteiger partial charge in [0, 0.05) is 117 Å². The van der Waals surface area contributed by atoms with Crippen molar-refractivity contribution in [3.63, 3.8) is 0 Å². The lowest BCUT2D eigenvalue weighted by Gasteiger charge is -2.43. The number of anilines is 3. The first kappa shape index (κ1) is 44.3. The summed E-state index contributed by atoms with van der Waals surface area (Å²) in [7, 11) is 0. The smallest absolute Gasteiger partial charge is 0.226 e. The topological polar surface area (TPSA) is 132 Å². The van der Waals surface area contributed by atoms with Crippen molar-refractivity contribution in [2.75, 3.05) is 66.9 Å². The minimum atomic E-state index is -1.85. The minimum absolute atomic E-state index is 0.0116. The largest absolute Gasteiger partial charge is 0.369 e. The molecular weight excluding hydrogens is 846 g/mol. The van der Waals surface area contributed by atoms with Crippen LogP contribution in [0.2, 0.25) is 5.02 Å². The number of alkyl halides is 1. The first-order chi connectivity index (χ1) is 30.5. The highest BCUT2D eigenvalue weighted by Gasteiger charge is 2.30. The highest BCUT2D eigenvalue weighted by atomic mass is 35.5. The van der Waals surface area contributed by atoms with Gasteiger partial charge in [-0.2, -0.15) is 5.10 Å². The number of amides is 2. The van der Waals surface area contributed by atoms with Crippen LogP contribution in [-0.2, 0) is 20.8 Å². The lowest BCUT2D eigenvalue weighted by atomic mass is 9.94. The molecule has 6 heterocycles. The number of hydrogen-bond donors (Lipinski definition) is 2. The Balaban J connectivity index is 0.882. The third-order valence-electron chi connectivity index (χ3n) is 12.6. The van der Waals surface area contributed by atoms with E-state index >= 15 is 4.39 Å². The molecule has 3 aliphatic rings.